The largest absolute Gasteiger partial charge is 0.325 e. The molecule has 2 aromatic carbocycles. The van der Waals surface area contributed by atoms with E-state index in [2.05, 4.69) is 10.3 Å². The molecule has 1 saturated heterocycles. The lowest BCUT2D eigenvalue weighted by Crippen LogP contribution is -2.35. The lowest BCUT2D eigenvalue weighted by Gasteiger charge is -2.25. The Kier molecular flexibility index (Phi) is 7.16. The molecule has 8 nitrogen and oxygen atoms in total. The number of anilines is 1. The smallest absolute Gasteiger partial charge is 0.262 e. The maximum Gasteiger partial charge on any atom is 0.262 e. The van der Waals surface area contributed by atoms with Crippen LogP contribution in [-0.4, -0.2) is 47.0 Å². The van der Waals surface area contributed by atoms with Crippen molar-refractivity contribution >= 4 is 44.3 Å². The number of para-hydroxylation sites is 1. The zero-order valence-corrected chi connectivity index (χ0v) is 20.0. The van der Waals surface area contributed by atoms with E-state index in [0.29, 0.717) is 41.4 Å². The van der Waals surface area contributed by atoms with Gasteiger partial charge in [-0.25, -0.2) is 13.4 Å². The normalized spacial score (nSPS) is 14.9. The van der Waals surface area contributed by atoms with Crippen LogP contribution in [0.3, 0.4) is 0 Å². The highest BCUT2D eigenvalue weighted by Crippen LogP contribution is 2.23. The lowest BCUT2D eigenvalue weighted by molar-refractivity contribution is -0.113. The van der Waals surface area contributed by atoms with E-state index in [9.17, 15) is 18.0 Å². The van der Waals surface area contributed by atoms with Crippen LogP contribution in [0.1, 0.15) is 26.2 Å². The number of benzene rings is 2. The molecule has 0 bridgehead atoms. The maximum absolute atomic E-state index is 12.8. The van der Waals surface area contributed by atoms with E-state index in [0.717, 1.165) is 19.3 Å². The number of rotatable bonds is 7. The highest BCUT2D eigenvalue weighted by Gasteiger charge is 2.25. The molecule has 0 atom stereocenters. The van der Waals surface area contributed by atoms with Crippen LogP contribution in [-0.2, 0) is 21.4 Å². The highest BCUT2D eigenvalue weighted by atomic mass is 32.2. The van der Waals surface area contributed by atoms with Gasteiger partial charge in [0.05, 0.1) is 21.6 Å². The number of carbonyl (C=O) groups is 1. The zero-order valence-electron chi connectivity index (χ0n) is 18.4. The molecule has 10 heteroatoms. The molecule has 4 rings (SSSR count). The summed E-state index contributed by atoms with van der Waals surface area (Å²) in [7, 11) is -3.51. The Bertz CT molecular complexity index is 1310. The Morgan fingerprint density at radius 3 is 2.45 bits per heavy atom. The van der Waals surface area contributed by atoms with Crippen molar-refractivity contribution in [3.05, 3.63) is 58.9 Å². The number of hydrogen-bond acceptors (Lipinski definition) is 6. The number of thioether (sulfide) groups is 1. The molecule has 1 aromatic heterocycles. The molecule has 2 heterocycles. The summed E-state index contributed by atoms with van der Waals surface area (Å²) in [6.07, 6.45) is 2.81. The molecule has 1 amide bonds. The van der Waals surface area contributed by atoms with E-state index in [4.69, 9.17) is 0 Å². The highest BCUT2D eigenvalue weighted by molar-refractivity contribution is 7.99. The second kappa shape index (κ2) is 10.1. The molecule has 3 aromatic rings. The summed E-state index contributed by atoms with van der Waals surface area (Å²) in [6.45, 7) is 3.41. The predicted octanol–water partition coefficient (Wildman–Crippen LogP) is 3.32. The number of carbonyl (C=O) groups excluding carboxylic acids is 1. The fourth-order valence-electron chi connectivity index (χ4n) is 3.83. The van der Waals surface area contributed by atoms with E-state index in [1.165, 1.54) is 28.2 Å². The van der Waals surface area contributed by atoms with E-state index >= 15 is 0 Å². The van der Waals surface area contributed by atoms with Gasteiger partial charge in [-0.3, -0.25) is 14.2 Å². The molecule has 0 unspecified atom stereocenters. The Morgan fingerprint density at radius 1 is 1.06 bits per heavy atom. The third-order valence-electron chi connectivity index (χ3n) is 5.57. The molecule has 1 aliphatic rings. The first-order valence-corrected chi connectivity index (χ1v) is 13.3. The standard InChI is InChI=1S/C23H26N4O4S2/c1-2-27-22(29)19-8-4-5-9-20(19)25-23(27)32-16-21(28)24-17-10-12-18(13-11-17)33(30,31)26-14-6-3-7-15-26/h4-5,8-13H,2-3,6-7,14-16H2,1H3,(H,24,28). The van der Waals surface area contributed by atoms with Crippen molar-refractivity contribution in [1.29, 1.82) is 0 Å². The van der Waals surface area contributed by atoms with Crippen LogP contribution in [0, 0.1) is 0 Å². The summed E-state index contributed by atoms with van der Waals surface area (Å²) in [6, 6.07) is 13.4. The number of nitrogens with one attached hydrogen (secondary N) is 1. The third kappa shape index (κ3) is 5.13. The first-order valence-electron chi connectivity index (χ1n) is 10.9. The molecule has 0 radical (unpaired) electrons. The molecular formula is C23H26N4O4S2. The van der Waals surface area contributed by atoms with Gasteiger partial charge in [-0.2, -0.15) is 4.31 Å². The van der Waals surface area contributed by atoms with Gasteiger partial charge >= 0.3 is 0 Å². The van der Waals surface area contributed by atoms with Gasteiger partial charge in [0.2, 0.25) is 15.9 Å². The number of amides is 1. The van der Waals surface area contributed by atoms with Crippen molar-refractivity contribution in [3.8, 4) is 0 Å². The molecule has 0 saturated carbocycles. The van der Waals surface area contributed by atoms with Crippen molar-refractivity contribution in [1.82, 2.24) is 13.9 Å². The van der Waals surface area contributed by atoms with Gasteiger partial charge in [-0.05, 0) is 56.2 Å². The monoisotopic (exact) mass is 486 g/mol. The number of nitrogens with zero attached hydrogens (tertiary/aromatic N) is 3. The first kappa shape index (κ1) is 23.5. The van der Waals surface area contributed by atoms with Crippen LogP contribution in [0.5, 0.6) is 0 Å². The fraction of sp³-hybridized carbons (Fsp3) is 0.348. The van der Waals surface area contributed by atoms with Gasteiger partial charge in [0.1, 0.15) is 0 Å². The Hall–Kier alpha value is -2.69. The van der Waals surface area contributed by atoms with Gasteiger partial charge in [0, 0.05) is 25.3 Å². The van der Waals surface area contributed by atoms with Crippen LogP contribution in [0.2, 0.25) is 0 Å². The second-order valence-electron chi connectivity index (χ2n) is 7.79. The molecule has 1 fully saturated rings. The molecule has 33 heavy (non-hydrogen) atoms. The topological polar surface area (TPSA) is 101 Å². The summed E-state index contributed by atoms with van der Waals surface area (Å²) >= 11 is 1.19. The van der Waals surface area contributed by atoms with Crippen molar-refractivity contribution in [2.75, 3.05) is 24.2 Å². The number of fused-ring (bicyclic) bond motifs is 1. The summed E-state index contributed by atoms with van der Waals surface area (Å²) in [4.78, 5) is 30.0. The Morgan fingerprint density at radius 2 is 1.76 bits per heavy atom. The predicted molar refractivity (Wildman–Crippen MR) is 130 cm³/mol. The zero-order chi connectivity index (χ0) is 23.4. The Labute approximate surface area is 197 Å². The van der Waals surface area contributed by atoms with E-state index in [1.54, 1.807) is 34.9 Å². The van der Waals surface area contributed by atoms with Crippen LogP contribution in [0.4, 0.5) is 5.69 Å². The SMILES string of the molecule is CCn1c(SCC(=O)Nc2ccc(S(=O)(=O)N3CCCCC3)cc2)nc2ccccc2c1=O. The van der Waals surface area contributed by atoms with Crippen molar-refractivity contribution in [3.63, 3.8) is 0 Å². The molecule has 0 spiro atoms. The van der Waals surface area contributed by atoms with Gasteiger partial charge in [-0.1, -0.05) is 30.3 Å². The quantitative estimate of drug-likeness (QED) is 0.406. The van der Waals surface area contributed by atoms with E-state index in [1.807, 2.05) is 13.0 Å². The van der Waals surface area contributed by atoms with Crippen LogP contribution < -0.4 is 10.9 Å². The number of aromatic nitrogens is 2. The van der Waals surface area contributed by atoms with E-state index in [-0.39, 0.29) is 22.1 Å². The fourth-order valence-corrected chi connectivity index (χ4v) is 6.21. The summed E-state index contributed by atoms with van der Waals surface area (Å²) in [5.41, 5.74) is 0.981. The molecule has 1 aliphatic heterocycles. The van der Waals surface area contributed by atoms with Crippen molar-refractivity contribution < 1.29 is 13.2 Å². The summed E-state index contributed by atoms with van der Waals surface area (Å²) in [5.74, 6) is -0.199. The summed E-state index contributed by atoms with van der Waals surface area (Å²) < 4.78 is 28.6. The molecule has 174 valence electrons. The van der Waals surface area contributed by atoms with Gasteiger partial charge in [0.15, 0.2) is 5.16 Å². The van der Waals surface area contributed by atoms with Crippen LogP contribution in [0.15, 0.2) is 63.4 Å². The van der Waals surface area contributed by atoms with E-state index < -0.39 is 10.0 Å². The van der Waals surface area contributed by atoms with Crippen molar-refractivity contribution in [2.45, 2.75) is 42.8 Å². The average molecular weight is 487 g/mol. The van der Waals surface area contributed by atoms with Crippen LogP contribution in [0.25, 0.3) is 10.9 Å². The molecular weight excluding hydrogens is 460 g/mol. The Balaban J connectivity index is 1.42. The summed E-state index contributed by atoms with van der Waals surface area (Å²) in [5, 5.41) is 3.81. The third-order valence-corrected chi connectivity index (χ3v) is 8.46. The maximum atomic E-state index is 12.8. The molecule has 1 N–H and O–H groups in total. The van der Waals surface area contributed by atoms with Gasteiger partial charge in [0.25, 0.3) is 5.56 Å². The van der Waals surface area contributed by atoms with Crippen molar-refractivity contribution in [2.24, 2.45) is 0 Å². The minimum absolute atomic E-state index is 0.0681. The van der Waals surface area contributed by atoms with Crippen LogP contribution >= 0.6 is 11.8 Å². The second-order valence-corrected chi connectivity index (χ2v) is 10.7. The minimum atomic E-state index is -3.51. The number of piperidine rings is 1. The minimum Gasteiger partial charge on any atom is -0.325 e. The van der Waals surface area contributed by atoms with Gasteiger partial charge in [-0.15, -0.1) is 0 Å². The first-order chi connectivity index (χ1) is 15.9. The number of sulfonamides is 1. The lowest BCUT2D eigenvalue weighted by atomic mass is 10.2. The average Bonchev–Trinajstić information content (AvgIpc) is 2.84. The van der Waals surface area contributed by atoms with Gasteiger partial charge < -0.3 is 5.32 Å². The number of hydrogen-bond donors (Lipinski definition) is 1. The molecule has 0 aliphatic carbocycles.